The Hall–Kier alpha value is -2.09. The molecule has 0 aliphatic rings. The fourth-order valence-corrected chi connectivity index (χ4v) is 1.37. The second kappa shape index (κ2) is 7.49. The molecule has 1 aromatic rings. The predicted octanol–water partition coefficient (Wildman–Crippen LogP) is 2.46. The maximum absolute atomic E-state index is 13.6. The van der Waals surface area contributed by atoms with Crippen LogP contribution in [0.15, 0.2) is 12.1 Å². The lowest BCUT2D eigenvalue weighted by molar-refractivity contribution is -0.387. The molecule has 8 heteroatoms. The first-order valence-corrected chi connectivity index (χ1v) is 5.85. The standard InChI is InChI=1S/C12H13F2NO5/c1-2-3-19-4-5-20-12(16)9-6-8(13)7-10(11(9)14)15(17)18/h6-7H,2-5H2,1H3. The Balaban J connectivity index is 2.75. The molecule has 0 heterocycles. The number of carbonyl (C=O) groups is 1. The molecule has 0 saturated carbocycles. The Morgan fingerprint density at radius 3 is 2.60 bits per heavy atom. The number of hydrogen-bond donors (Lipinski definition) is 0. The zero-order chi connectivity index (χ0) is 15.1. The summed E-state index contributed by atoms with van der Waals surface area (Å²) >= 11 is 0. The molecule has 1 rings (SSSR count). The fraction of sp³-hybridized carbons (Fsp3) is 0.417. The van der Waals surface area contributed by atoms with Crippen LogP contribution in [0.3, 0.4) is 0 Å². The number of nitrogens with zero attached hydrogens (tertiary/aromatic N) is 1. The monoisotopic (exact) mass is 289 g/mol. The van der Waals surface area contributed by atoms with E-state index in [4.69, 9.17) is 4.74 Å². The minimum Gasteiger partial charge on any atom is -0.460 e. The number of esters is 1. The van der Waals surface area contributed by atoms with Gasteiger partial charge in [-0.1, -0.05) is 6.92 Å². The summed E-state index contributed by atoms with van der Waals surface area (Å²) in [4.78, 5) is 20.9. The Labute approximate surface area is 113 Å². The highest BCUT2D eigenvalue weighted by atomic mass is 19.1. The van der Waals surface area contributed by atoms with Crippen molar-refractivity contribution in [3.63, 3.8) is 0 Å². The third-order valence-corrected chi connectivity index (χ3v) is 2.24. The van der Waals surface area contributed by atoms with Crippen molar-refractivity contribution < 1.29 is 28.0 Å². The van der Waals surface area contributed by atoms with Crippen LogP contribution in [0, 0.1) is 21.7 Å². The summed E-state index contributed by atoms with van der Waals surface area (Å²) < 4.78 is 36.4. The van der Waals surface area contributed by atoms with E-state index in [1.807, 2.05) is 6.92 Å². The van der Waals surface area contributed by atoms with Crippen molar-refractivity contribution >= 4 is 11.7 Å². The molecule has 0 amide bonds. The maximum Gasteiger partial charge on any atom is 0.341 e. The first-order valence-electron chi connectivity index (χ1n) is 5.85. The molecule has 0 atom stereocenters. The third-order valence-electron chi connectivity index (χ3n) is 2.24. The molecule has 0 aromatic heterocycles. The van der Waals surface area contributed by atoms with E-state index >= 15 is 0 Å². The van der Waals surface area contributed by atoms with E-state index in [0.717, 1.165) is 6.42 Å². The molecule has 6 nitrogen and oxygen atoms in total. The van der Waals surface area contributed by atoms with Crippen LogP contribution in [0.25, 0.3) is 0 Å². The molecular formula is C12H13F2NO5. The third kappa shape index (κ3) is 4.23. The zero-order valence-electron chi connectivity index (χ0n) is 10.7. The zero-order valence-corrected chi connectivity index (χ0v) is 10.7. The number of carbonyl (C=O) groups excluding carboxylic acids is 1. The summed E-state index contributed by atoms with van der Waals surface area (Å²) in [6.07, 6.45) is 0.790. The maximum atomic E-state index is 13.6. The van der Waals surface area contributed by atoms with Crippen molar-refractivity contribution in [2.24, 2.45) is 0 Å². The molecule has 0 aliphatic heterocycles. The van der Waals surface area contributed by atoms with Crippen LogP contribution in [0.5, 0.6) is 0 Å². The summed E-state index contributed by atoms with van der Waals surface area (Å²) in [5, 5.41) is 10.5. The van der Waals surface area contributed by atoms with Gasteiger partial charge >= 0.3 is 11.7 Å². The predicted molar refractivity (Wildman–Crippen MR) is 64.4 cm³/mol. The average Bonchev–Trinajstić information content (AvgIpc) is 2.40. The van der Waals surface area contributed by atoms with Crippen LogP contribution in [0.2, 0.25) is 0 Å². The van der Waals surface area contributed by atoms with Crippen LogP contribution in [-0.4, -0.2) is 30.7 Å². The lowest BCUT2D eigenvalue weighted by Gasteiger charge is -2.06. The molecule has 0 aliphatic carbocycles. The van der Waals surface area contributed by atoms with Crippen molar-refractivity contribution in [3.8, 4) is 0 Å². The van der Waals surface area contributed by atoms with Gasteiger partial charge in [0.05, 0.1) is 17.6 Å². The van der Waals surface area contributed by atoms with Crippen LogP contribution in [0.1, 0.15) is 23.7 Å². The van der Waals surface area contributed by atoms with Gasteiger partial charge in [-0.15, -0.1) is 0 Å². The SMILES string of the molecule is CCCOCCOC(=O)c1cc(F)cc([N+](=O)[O-])c1F. The minimum atomic E-state index is -1.42. The molecule has 20 heavy (non-hydrogen) atoms. The summed E-state index contributed by atoms with van der Waals surface area (Å²) in [7, 11) is 0. The van der Waals surface area contributed by atoms with E-state index in [9.17, 15) is 23.7 Å². The molecule has 1 aromatic carbocycles. The van der Waals surface area contributed by atoms with E-state index in [-0.39, 0.29) is 13.2 Å². The molecule has 0 radical (unpaired) electrons. The molecule has 0 bridgehead atoms. The van der Waals surface area contributed by atoms with Crippen molar-refractivity contribution in [2.75, 3.05) is 19.8 Å². The molecule has 0 saturated heterocycles. The lowest BCUT2D eigenvalue weighted by Crippen LogP contribution is -2.13. The summed E-state index contributed by atoms with van der Waals surface area (Å²) in [6, 6.07) is 0.952. The number of benzene rings is 1. The van der Waals surface area contributed by atoms with Gasteiger partial charge in [-0.2, -0.15) is 4.39 Å². The van der Waals surface area contributed by atoms with Gasteiger partial charge in [-0.3, -0.25) is 10.1 Å². The van der Waals surface area contributed by atoms with Crippen molar-refractivity contribution in [2.45, 2.75) is 13.3 Å². The molecule has 110 valence electrons. The van der Waals surface area contributed by atoms with Crippen molar-refractivity contribution in [1.29, 1.82) is 0 Å². The normalized spacial score (nSPS) is 10.3. The number of ether oxygens (including phenoxy) is 2. The number of nitro groups is 1. The van der Waals surface area contributed by atoms with Gasteiger partial charge in [0.25, 0.3) is 0 Å². The second-order valence-electron chi connectivity index (χ2n) is 3.79. The molecule has 0 spiro atoms. The van der Waals surface area contributed by atoms with Gasteiger partial charge in [-0.05, 0) is 12.5 Å². The van der Waals surface area contributed by atoms with Gasteiger partial charge < -0.3 is 9.47 Å². The Kier molecular flexibility index (Phi) is 5.98. The highest BCUT2D eigenvalue weighted by Gasteiger charge is 2.25. The largest absolute Gasteiger partial charge is 0.460 e. The smallest absolute Gasteiger partial charge is 0.341 e. The van der Waals surface area contributed by atoms with Crippen LogP contribution in [-0.2, 0) is 9.47 Å². The van der Waals surface area contributed by atoms with Crippen LogP contribution >= 0.6 is 0 Å². The van der Waals surface area contributed by atoms with E-state index in [0.29, 0.717) is 18.7 Å². The Bertz CT molecular complexity index is 507. The minimum absolute atomic E-state index is 0.110. The number of nitro benzene ring substituents is 1. The highest BCUT2D eigenvalue weighted by molar-refractivity contribution is 5.90. The summed E-state index contributed by atoms with van der Waals surface area (Å²) in [6.45, 7) is 2.34. The fourth-order valence-electron chi connectivity index (χ4n) is 1.37. The Morgan fingerprint density at radius 2 is 2.00 bits per heavy atom. The quantitative estimate of drug-likeness (QED) is 0.333. The van der Waals surface area contributed by atoms with E-state index < -0.39 is 33.8 Å². The van der Waals surface area contributed by atoms with Gasteiger partial charge in [0, 0.05) is 6.61 Å². The van der Waals surface area contributed by atoms with Gasteiger partial charge in [0.2, 0.25) is 5.82 Å². The molecular weight excluding hydrogens is 276 g/mol. The average molecular weight is 289 g/mol. The van der Waals surface area contributed by atoms with E-state index in [1.165, 1.54) is 0 Å². The number of halogens is 2. The van der Waals surface area contributed by atoms with Crippen LogP contribution in [0.4, 0.5) is 14.5 Å². The van der Waals surface area contributed by atoms with Crippen LogP contribution < -0.4 is 0 Å². The topological polar surface area (TPSA) is 78.7 Å². The van der Waals surface area contributed by atoms with E-state index in [2.05, 4.69) is 4.74 Å². The molecule has 0 fully saturated rings. The summed E-state index contributed by atoms with van der Waals surface area (Å²) in [5.41, 5.74) is -1.92. The Morgan fingerprint density at radius 1 is 1.30 bits per heavy atom. The van der Waals surface area contributed by atoms with Gasteiger partial charge in [0.15, 0.2) is 0 Å². The lowest BCUT2D eigenvalue weighted by atomic mass is 10.2. The number of rotatable bonds is 7. The first kappa shape index (κ1) is 16.0. The number of hydrogen-bond acceptors (Lipinski definition) is 5. The van der Waals surface area contributed by atoms with E-state index in [1.54, 1.807) is 0 Å². The highest BCUT2D eigenvalue weighted by Crippen LogP contribution is 2.22. The molecule has 0 N–H and O–H groups in total. The summed E-state index contributed by atoms with van der Waals surface area (Å²) in [5.74, 6) is -3.69. The molecule has 0 unspecified atom stereocenters. The first-order chi connectivity index (χ1) is 9.47. The van der Waals surface area contributed by atoms with Crippen molar-refractivity contribution in [1.82, 2.24) is 0 Å². The van der Waals surface area contributed by atoms with Crippen molar-refractivity contribution in [3.05, 3.63) is 39.4 Å². The second-order valence-corrected chi connectivity index (χ2v) is 3.79. The van der Waals surface area contributed by atoms with Gasteiger partial charge in [-0.25, -0.2) is 9.18 Å². The van der Waals surface area contributed by atoms with Gasteiger partial charge in [0.1, 0.15) is 18.0 Å².